The summed E-state index contributed by atoms with van der Waals surface area (Å²) >= 11 is 0. The first kappa shape index (κ1) is 12.3. The van der Waals surface area contributed by atoms with E-state index in [1.165, 1.54) is 12.8 Å². The first-order valence-electron chi connectivity index (χ1n) is 6.73. The molecule has 94 valence electrons. The Morgan fingerprint density at radius 2 is 1.81 bits per heavy atom. The normalized spacial score (nSPS) is 40.3. The Hall–Kier alpha value is -0.120. The van der Waals surface area contributed by atoms with Crippen LogP contribution in [-0.4, -0.2) is 41.8 Å². The molecule has 1 heterocycles. The summed E-state index contributed by atoms with van der Waals surface area (Å²) in [6, 6.07) is 0.797. The topological polar surface area (TPSA) is 38.5 Å². The van der Waals surface area contributed by atoms with Gasteiger partial charge in [-0.2, -0.15) is 0 Å². The van der Waals surface area contributed by atoms with E-state index in [0.717, 1.165) is 32.0 Å². The van der Waals surface area contributed by atoms with Crippen LogP contribution in [0.1, 0.15) is 46.5 Å². The largest absolute Gasteiger partial charge is 0.375 e. The Bertz CT molecular complexity index is 230. The smallest absolute Gasteiger partial charge is 0.0568 e. The van der Waals surface area contributed by atoms with Crippen molar-refractivity contribution in [2.24, 2.45) is 5.73 Å². The van der Waals surface area contributed by atoms with Gasteiger partial charge in [-0.25, -0.2) is 0 Å². The molecule has 2 unspecified atom stereocenters. The molecule has 0 bridgehead atoms. The molecule has 1 saturated heterocycles. The van der Waals surface area contributed by atoms with Crippen LogP contribution in [0.5, 0.6) is 0 Å². The van der Waals surface area contributed by atoms with Crippen LogP contribution >= 0.6 is 0 Å². The quantitative estimate of drug-likeness (QED) is 0.794. The number of likely N-dealkylation sites (N-methyl/N-ethyl adjacent to an activating group) is 1. The molecule has 2 fully saturated rings. The lowest BCUT2D eigenvalue weighted by molar-refractivity contribution is -0.104. The van der Waals surface area contributed by atoms with Gasteiger partial charge in [0.25, 0.3) is 0 Å². The zero-order valence-corrected chi connectivity index (χ0v) is 10.9. The Morgan fingerprint density at radius 1 is 1.25 bits per heavy atom. The summed E-state index contributed by atoms with van der Waals surface area (Å²) < 4.78 is 5.86. The van der Waals surface area contributed by atoms with Crippen LogP contribution in [-0.2, 0) is 4.74 Å². The minimum Gasteiger partial charge on any atom is -0.375 e. The van der Waals surface area contributed by atoms with Gasteiger partial charge in [-0.3, -0.25) is 4.90 Å². The molecule has 1 aliphatic heterocycles. The minimum atomic E-state index is 0.201. The fourth-order valence-electron chi connectivity index (χ4n) is 3.53. The van der Waals surface area contributed by atoms with Crippen molar-refractivity contribution >= 4 is 0 Å². The van der Waals surface area contributed by atoms with E-state index in [1.807, 2.05) is 0 Å². The predicted molar refractivity (Wildman–Crippen MR) is 66.4 cm³/mol. The lowest BCUT2D eigenvalue weighted by atomic mass is 9.82. The predicted octanol–water partition coefficient (Wildman–Crippen LogP) is 1.76. The lowest BCUT2D eigenvalue weighted by Gasteiger charge is -2.49. The van der Waals surface area contributed by atoms with Crippen LogP contribution in [0.3, 0.4) is 0 Å². The fraction of sp³-hybridized carbons (Fsp3) is 1.00. The molecular weight excluding hydrogens is 200 g/mol. The Labute approximate surface area is 99.3 Å². The summed E-state index contributed by atoms with van der Waals surface area (Å²) in [6.45, 7) is 8.53. The monoisotopic (exact) mass is 226 g/mol. The molecule has 0 aromatic carbocycles. The molecule has 0 aromatic heterocycles. The second-order valence-electron chi connectivity index (χ2n) is 5.61. The van der Waals surface area contributed by atoms with Crippen LogP contribution in [0.2, 0.25) is 0 Å². The van der Waals surface area contributed by atoms with Gasteiger partial charge in [0.05, 0.1) is 12.2 Å². The van der Waals surface area contributed by atoms with E-state index in [2.05, 4.69) is 25.7 Å². The number of hydrogen-bond donors (Lipinski definition) is 1. The van der Waals surface area contributed by atoms with Crippen LogP contribution in [0.25, 0.3) is 0 Å². The zero-order valence-electron chi connectivity index (χ0n) is 10.9. The highest BCUT2D eigenvalue weighted by Gasteiger charge is 2.46. The standard InChI is InChI=1S/C13H26N2O/c1-4-15(12-5-6-12)13(9-14)7-10(2)16-11(3)8-13/h10-12H,4-9,14H2,1-3H3. The van der Waals surface area contributed by atoms with E-state index in [-0.39, 0.29) is 5.54 Å². The second kappa shape index (κ2) is 4.63. The molecule has 3 nitrogen and oxygen atoms in total. The number of ether oxygens (including phenoxy) is 1. The van der Waals surface area contributed by atoms with Crippen LogP contribution in [0.15, 0.2) is 0 Å². The van der Waals surface area contributed by atoms with Crippen molar-refractivity contribution in [2.75, 3.05) is 13.1 Å². The molecule has 0 radical (unpaired) electrons. The van der Waals surface area contributed by atoms with Gasteiger partial charge in [0, 0.05) is 18.1 Å². The van der Waals surface area contributed by atoms with Crippen molar-refractivity contribution in [2.45, 2.75) is 70.2 Å². The second-order valence-corrected chi connectivity index (χ2v) is 5.61. The van der Waals surface area contributed by atoms with Gasteiger partial charge in [0.1, 0.15) is 0 Å². The highest BCUT2D eigenvalue weighted by Crippen LogP contribution is 2.40. The molecule has 3 heteroatoms. The maximum absolute atomic E-state index is 6.11. The Kier molecular flexibility index (Phi) is 3.57. The summed E-state index contributed by atoms with van der Waals surface area (Å²) in [5.74, 6) is 0. The molecule has 2 N–H and O–H groups in total. The van der Waals surface area contributed by atoms with E-state index >= 15 is 0 Å². The maximum Gasteiger partial charge on any atom is 0.0568 e. The molecule has 0 spiro atoms. The summed E-state index contributed by atoms with van der Waals surface area (Å²) in [5, 5.41) is 0. The van der Waals surface area contributed by atoms with Crippen molar-refractivity contribution in [3.63, 3.8) is 0 Å². The molecule has 2 atom stereocenters. The van der Waals surface area contributed by atoms with Gasteiger partial charge in [-0.1, -0.05) is 6.92 Å². The molecule has 1 aliphatic carbocycles. The summed E-state index contributed by atoms with van der Waals surface area (Å²) in [5.41, 5.74) is 6.31. The zero-order chi connectivity index (χ0) is 11.8. The third-order valence-electron chi connectivity index (χ3n) is 4.12. The Morgan fingerprint density at radius 3 is 2.19 bits per heavy atom. The summed E-state index contributed by atoms with van der Waals surface area (Å²) in [6.07, 6.45) is 5.61. The van der Waals surface area contributed by atoms with Crippen molar-refractivity contribution in [3.05, 3.63) is 0 Å². The molecule has 0 aromatic rings. The average Bonchev–Trinajstić information content (AvgIpc) is 3.01. The molecule has 1 saturated carbocycles. The van der Waals surface area contributed by atoms with Gasteiger partial charge in [0.2, 0.25) is 0 Å². The number of nitrogens with zero attached hydrogens (tertiary/aromatic N) is 1. The van der Waals surface area contributed by atoms with Crippen molar-refractivity contribution in [1.82, 2.24) is 4.90 Å². The van der Waals surface area contributed by atoms with E-state index in [0.29, 0.717) is 12.2 Å². The molecule has 0 amide bonds. The van der Waals surface area contributed by atoms with Gasteiger partial charge < -0.3 is 10.5 Å². The summed E-state index contributed by atoms with van der Waals surface area (Å²) in [7, 11) is 0. The van der Waals surface area contributed by atoms with E-state index in [9.17, 15) is 0 Å². The summed E-state index contributed by atoms with van der Waals surface area (Å²) in [4.78, 5) is 2.66. The number of rotatable bonds is 4. The minimum absolute atomic E-state index is 0.201. The SMILES string of the molecule is CCN(C1CC1)C1(CN)CC(C)OC(C)C1. The van der Waals surface area contributed by atoms with Crippen LogP contribution < -0.4 is 5.73 Å². The first-order valence-corrected chi connectivity index (χ1v) is 6.73. The van der Waals surface area contributed by atoms with E-state index < -0.39 is 0 Å². The van der Waals surface area contributed by atoms with E-state index in [1.54, 1.807) is 0 Å². The third kappa shape index (κ3) is 2.27. The van der Waals surface area contributed by atoms with E-state index in [4.69, 9.17) is 10.5 Å². The number of nitrogens with two attached hydrogens (primary N) is 1. The maximum atomic E-state index is 6.11. The van der Waals surface area contributed by atoms with Gasteiger partial charge in [0.15, 0.2) is 0 Å². The Balaban J connectivity index is 2.15. The molecular formula is C13H26N2O. The van der Waals surface area contributed by atoms with Crippen LogP contribution in [0, 0.1) is 0 Å². The van der Waals surface area contributed by atoms with Gasteiger partial charge in [-0.15, -0.1) is 0 Å². The van der Waals surface area contributed by atoms with Gasteiger partial charge in [-0.05, 0) is 46.1 Å². The van der Waals surface area contributed by atoms with Crippen molar-refractivity contribution < 1.29 is 4.74 Å². The molecule has 2 rings (SSSR count). The number of hydrogen-bond acceptors (Lipinski definition) is 3. The highest BCUT2D eigenvalue weighted by atomic mass is 16.5. The lowest BCUT2D eigenvalue weighted by Crippen LogP contribution is -2.60. The van der Waals surface area contributed by atoms with Crippen molar-refractivity contribution in [3.8, 4) is 0 Å². The van der Waals surface area contributed by atoms with Crippen LogP contribution in [0.4, 0.5) is 0 Å². The molecule has 2 aliphatic rings. The molecule has 16 heavy (non-hydrogen) atoms. The first-order chi connectivity index (χ1) is 7.61. The van der Waals surface area contributed by atoms with Gasteiger partial charge >= 0.3 is 0 Å². The fourth-order valence-corrected chi connectivity index (χ4v) is 3.53. The average molecular weight is 226 g/mol. The third-order valence-corrected chi connectivity index (χ3v) is 4.12. The van der Waals surface area contributed by atoms with Crippen molar-refractivity contribution in [1.29, 1.82) is 0 Å². The highest BCUT2D eigenvalue weighted by molar-refractivity contribution is 5.02.